The van der Waals surface area contributed by atoms with E-state index in [1.807, 2.05) is 0 Å². The van der Waals surface area contributed by atoms with E-state index in [4.69, 9.17) is 40.8 Å². The summed E-state index contributed by atoms with van der Waals surface area (Å²) in [6, 6.07) is 1.08. The number of hydrogen-bond acceptors (Lipinski definition) is 11. The highest BCUT2D eigenvalue weighted by atomic mass is 28.4. The van der Waals surface area contributed by atoms with Gasteiger partial charge in [-0.2, -0.15) is 0 Å². The minimum atomic E-state index is -2.76. The molecule has 0 spiro atoms. The van der Waals surface area contributed by atoms with Crippen molar-refractivity contribution >= 4 is 29.5 Å². The molecule has 0 aromatic carbocycles. The number of carbonyl (C=O) groups is 2. The van der Waals surface area contributed by atoms with Gasteiger partial charge in [-0.3, -0.25) is 0 Å². The van der Waals surface area contributed by atoms with E-state index in [0.29, 0.717) is 37.8 Å². The number of esters is 2. The third kappa shape index (κ3) is 13.3. The van der Waals surface area contributed by atoms with Gasteiger partial charge in [-0.15, -0.1) is 0 Å². The van der Waals surface area contributed by atoms with Crippen LogP contribution in [0.1, 0.15) is 39.5 Å². The van der Waals surface area contributed by atoms with Crippen molar-refractivity contribution in [2.24, 2.45) is 0 Å². The van der Waals surface area contributed by atoms with Gasteiger partial charge in [0, 0.05) is 65.9 Å². The summed E-state index contributed by atoms with van der Waals surface area (Å²) in [4.78, 5) is 24.3. The van der Waals surface area contributed by atoms with Crippen LogP contribution in [0.5, 0.6) is 0 Å². The first-order chi connectivity index (χ1) is 17.5. The van der Waals surface area contributed by atoms with Crippen LogP contribution < -0.4 is 0 Å². The molecule has 0 bridgehead atoms. The Morgan fingerprint density at radius 2 is 0.919 bits per heavy atom. The summed E-state index contributed by atoms with van der Waals surface area (Å²) in [6.07, 6.45) is 1.12. The lowest BCUT2D eigenvalue weighted by Gasteiger charge is -2.26. The molecule has 0 fully saturated rings. The molecule has 11 nitrogen and oxygen atoms in total. The van der Waals surface area contributed by atoms with Crippen LogP contribution in [0.2, 0.25) is 12.1 Å². The van der Waals surface area contributed by atoms with E-state index < -0.39 is 41.8 Å². The summed E-state index contributed by atoms with van der Waals surface area (Å²) in [5, 5.41) is 0. The molecule has 216 valence electrons. The summed E-state index contributed by atoms with van der Waals surface area (Å²) in [5.41, 5.74) is 0.574. The third-order valence-electron chi connectivity index (χ3n) is 5.74. The van der Waals surface area contributed by atoms with E-state index in [0.717, 1.165) is 0 Å². The lowest BCUT2D eigenvalue weighted by Crippen LogP contribution is -2.43. The van der Waals surface area contributed by atoms with E-state index in [1.165, 1.54) is 0 Å². The van der Waals surface area contributed by atoms with E-state index in [2.05, 4.69) is 13.2 Å². The van der Waals surface area contributed by atoms with Crippen LogP contribution in [0, 0.1) is 0 Å². The van der Waals surface area contributed by atoms with Crippen molar-refractivity contribution in [3.8, 4) is 0 Å². The molecule has 37 heavy (non-hydrogen) atoms. The Hall–Kier alpha value is -1.43. The average Bonchev–Trinajstić information content (AvgIpc) is 2.89. The van der Waals surface area contributed by atoms with Crippen molar-refractivity contribution < 1.29 is 50.4 Å². The van der Waals surface area contributed by atoms with Gasteiger partial charge >= 0.3 is 29.5 Å². The van der Waals surface area contributed by atoms with Gasteiger partial charge in [0.15, 0.2) is 0 Å². The van der Waals surface area contributed by atoms with Crippen molar-refractivity contribution in [2.75, 3.05) is 55.9 Å². The zero-order chi connectivity index (χ0) is 28.5. The molecule has 0 N–H and O–H groups in total. The topological polar surface area (TPSA) is 117 Å². The minimum absolute atomic E-state index is 0.106. The zero-order valence-corrected chi connectivity index (χ0v) is 25.7. The number of hydrogen-bond donors (Lipinski definition) is 0. The molecule has 2 atom stereocenters. The van der Waals surface area contributed by atoms with Crippen LogP contribution >= 0.6 is 0 Å². The highest BCUT2D eigenvalue weighted by Gasteiger charge is 2.38. The fourth-order valence-corrected chi connectivity index (χ4v) is 6.89. The van der Waals surface area contributed by atoms with Crippen LogP contribution in [0.4, 0.5) is 0 Å². The third-order valence-corrected chi connectivity index (χ3v) is 11.4. The zero-order valence-electron chi connectivity index (χ0n) is 23.7. The molecule has 0 saturated heterocycles. The summed E-state index contributed by atoms with van der Waals surface area (Å²) < 4.78 is 49.7. The van der Waals surface area contributed by atoms with Crippen molar-refractivity contribution in [2.45, 2.75) is 63.8 Å². The van der Waals surface area contributed by atoms with Gasteiger partial charge in [-0.05, 0) is 39.5 Å². The number of rotatable bonds is 22. The van der Waals surface area contributed by atoms with Crippen LogP contribution in [-0.4, -0.2) is 97.6 Å². The second-order valence-corrected chi connectivity index (χ2v) is 14.7. The maximum atomic E-state index is 12.2. The first-order valence-electron chi connectivity index (χ1n) is 12.1. The first-order valence-corrected chi connectivity index (χ1v) is 16.0. The van der Waals surface area contributed by atoms with Gasteiger partial charge in [-0.25, -0.2) is 9.59 Å². The Bertz CT molecular complexity index is 634. The van der Waals surface area contributed by atoms with Crippen molar-refractivity contribution in [3.05, 3.63) is 24.3 Å². The van der Waals surface area contributed by atoms with Gasteiger partial charge in [0.1, 0.15) is 12.2 Å². The van der Waals surface area contributed by atoms with Crippen molar-refractivity contribution in [1.29, 1.82) is 0 Å². The molecule has 0 amide bonds. The fraction of sp³-hybridized carbons (Fsp3) is 0.750. The lowest BCUT2D eigenvalue weighted by atomic mass is 10.2. The molecular formula is C24H46O11Si2. The second-order valence-electron chi connectivity index (χ2n) is 8.53. The Kier molecular flexibility index (Phi) is 18.0. The Morgan fingerprint density at radius 3 is 1.16 bits per heavy atom. The summed E-state index contributed by atoms with van der Waals surface area (Å²) >= 11 is 0. The molecule has 0 rings (SSSR count). The second kappa shape index (κ2) is 18.8. The van der Waals surface area contributed by atoms with Gasteiger partial charge < -0.3 is 40.8 Å². The van der Waals surface area contributed by atoms with Gasteiger partial charge in [0.25, 0.3) is 0 Å². The number of carbonyl (C=O) groups excluding carboxylic acids is 2. The molecular weight excluding hydrogens is 520 g/mol. The molecule has 0 aliphatic carbocycles. The molecule has 13 heteroatoms. The molecule has 0 heterocycles. The van der Waals surface area contributed by atoms with Crippen LogP contribution in [-0.2, 0) is 50.4 Å². The normalized spacial score (nSPS) is 13.6. The average molecular weight is 567 g/mol. The van der Waals surface area contributed by atoms with Crippen molar-refractivity contribution in [1.82, 2.24) is 0 Å². The fourth-order valence-electron chi connectivity index (χ4n) is 3.39. The number of ether oxygens (including phenoxy) is 3. The highest BCUT2D eigenvalue weighted by Crippen LogP contribution is 2.20. The quantitative estimate of drug-likeness (QED) is 0.109. The Morgan fingerprint density at radius 1 is 0.622 bits per heavy atom. The van der Waals surface area contributed by atoms with E-state index in [1.54, 1.807) is 56.5 Å². The molecule has 0 saturated carbocycles. The van der Waals surface area contributed by atoms with E-state index in [-0.39, 0.29) is 24.4 Å². The van der Waals surface area contributed by atoms with Gasteiger partial charge in [0.05, 0.1) is 13.2 Å². The monoisotopic (exact) mass is 566 g/mol. The van der Waals surface area contributed by atoms with Crippen LogP contribution in [0.3, 0.4) is 0 Å². The predicted molar refractivity (Wildman–Crippen MR) is 142 cm³/mol. The molecule has 2 unspecified atom stereocenters. The molecule has 0 aliphatic heterocycles. The maximum Gasteiger partial charge on any atom is 0.500 e. The standard InChI is InChI=1S/C24H46O11Si2/c1-19(2)23(25)34-21(13-11-15-36(27-5,28-6)29-7)17-33-18-22(35-24(26)20(3)4)14-12-16-37(30-8,31-9)32-10/h21-22H,1,3,11-18H2,2,4-10H3. The Balaban J connectivity index is 5.18. The van der Waals surface area contributed by atoms with Gasteiger partial charge in [-0.1, -0.05) is 13.2 Å². The maximum absolute atomic E-state index is 12.2. The van der Waals surface area contributed by atoms with Crippen LogP contribution in [0.25, 0.3) is 0 Å². The molecule has 0 aromatic heterocycles. The highest BCUT2D eigenvalue weighted by molar-refractivity contribution is 6.60. The minimum Gasteiger partial charge on any atom is -0.457 e. The summed E-state index contributed by atoms with van der Waals surface area (Å²) in [5.74, 6) is -1.01. The lowest BCUT2D eigenvalue weighted by molar-refractivity contribution is -0.152. The molecule has 0 radical (unpaired) electrons. The summed E-state index contributed by atoms with van der Waals surface area (Å²) in [7, 11) is 3.77. The van der Waals surface area contributed by atoms with Crippen molar-refractivity contribution in [3.63, 3.8) is 0 Å². The predicted octanol–water partition coefficient (Wildman–Crippen LogP) is 3.30. The first kappa shape index (κ1) is 35.6. The van der Waals surface area contributed by atoms with Crippen LogP contribution in [0.15, 0.2) is 24.3 Å². The van der Waals surface area contributed by atoms with Gasteiger partial charge in [0.2, 0.25) is 0 Å². The van der Waals surface area contributed by atoms with E-state index in [9.17, 15) is 9.59 Å². The largest absolute Gasteiger partial charge is 0.500 e. The smallest absolute Gasteiger partial charge is 0.457 e. The SMILES string of the molecule is C=C(C)C(=O)OC(CCC[Si](OC)(OC)OC)COCC(CCC[Si](OC)(OC)OC)OC(=O)C(=C)C. The molecule has 0 aromatic rings. The Labute approximate surface area is 224 Å². The van der Waals surface area contributed by atoms with E-state index >= 15 is 0 Å². The molecule has 0 aliphatic rings. The summed E-state index contributed by atoms with van der Waals surface area (Å²) in [6.45, 7) is 10.6.